The maximum Gasteiger partial charge on any atom is 0.127 e. The molecule has 0 spiro atoms. The first-order valence-corrected chi connectivity index (χ1v) is 23.6. The molecule has 3 nitrogen and oxygen atoms in total. The number of hydrogen-bond donors (Lipinski definition) is 2. The Morgan fingerprint density at radius 3 is 1.03 bits per heavy atom. The van der Waals surface area contributed by atoms with Crippen LogP contribution in [0.5, 0.6) is 11.5 Å². The number of nitrogens with zero attached hydrogens (tertiary/aromatic N) is 1. The zero-order valence-electron chi connectivity index (χ0n) is 39.5. The summed E-state index contributed by atoms with van der Waals surface area (Å²) in [6.45, 7) is 13.8. The fourth-order valence-electron chi connectivity index (χ4n) is 14.9. The molecule has 8 fully saturated rings. The zero-order chi connectivity index (χ0) is 41.3. The van der Waals surface area contributed by atoms with Crippen molar-refractivity contribution in [2.24, 2.45) is 35.5 Å². The van der Waals surface area contributed by atoms with Crippen molar-refractivity contribution >= 4 is 0 Å². The molecule has 330 valence electrons. The summed E-state index contributed by atoms with van der Waals surface area (Å²) >= 11 is 0. The van der Waals surface area contributed by atoms with Crippen molar-refractivity contribution in [3.63, 3.8) is 0 Å². The fraction of sp³-hybridized carbons (Fsp3) is 0.475. The molecule has 0 saturated heterocycles. The van der Waals surface area contributed by atoms with Gasteiger partial charge in [-0.25, -0.2) is 4.98 Å². The van der Waals surface area contributed by atoms with Crippen molar-refractivity contribution < 1.29 is 36.1 Å². The van der Waals surface area contributed by atoms with Crippen molar-refractivity contribution in [2.75, 3.05) is 0 Å². The van der Waals surface area contributed by atoms with E-state index in [9.17, 15) is 10.2 Å². The molecular weight excluding hydrogens is 933 g/mol. The number of phenolic OH excluding ortho intramolecular Hbond substituents is 2. The molecule has 0 amide bonds. The second-order valence-electron chi connectivity index (χ2n) is 23.2. The maximum absolute atomic E-state index is 12.6. The van der Waals surface area contributed by atoms with Gasteiger partial charge >= 0.3 is 0 Å². The van der Waals surface area contributed by atoms with Crippen LogP contribution < -0.4 is 0 Å². The first-order valence-electron chi connectivity index (χ1n) is 23.6. The minimum Gasteiger partial charge on any atom is -0.507 e. The molecule has 0 aliphatic heterocycles. The van der Waals surface area contributed by atoms with Crippen LogP contribution >= 0.6 is 0 Å². The van der Waals surface area contributed by atoms with Crippen LogP contribution in [-0.4, -0.2) is 15.2 Å². The number of aromatic hydroxyl groups is 2. The van der Waals surface area contributed by atoms with Gasteiger partial charge in [-0.2, -0.15) is 0 Å². The molecule has 5 aromatic rings. The Morgan fingerprint density at radius 1 is 0.429 bits per heavy atom. The van der Waals surface area contributed by atoms with Crippen LogP contribution in [0, 0.1) is 50.4 Å². The molecule has 63 heavy (non-hydrogen) atoms. The van der Waals surface area contributed by atoms with Gasteiger partial charge in [0, 0.05) is 59.2 Å². The monoisotopic (exact) mass is 1010 g/mol. The van der Waals surface area contributed by atoms with E-state index in [4.69, 9.17) is 4.98 Å². The molecule has 8 aliphatic rings. The molecule has 0 radical (unpaired) electrons. The van der Waals surface area contributed by atoms with E-state index in [2.05, 4.69) is 133 Å². The predicted octanol–water partition coefficient (Wildman–Crippen LogP) is 15.6. The Morgan fingerprint density at radius 2 is 0.730 bits per heavy atom. The molecule has 8 aliphatic carbocycles. The number of benzene rings is 4. The smallest absolute Gasteiger partial charge is 0.127 e. The fourth-order valence-corrected chi connectivity index (χ4v) is 14.9. The standard InChI is InChI=1S/C57H65NO2.2CH3.Hf/c1-54(2,3)40-24-46(52(59)48(26-40)56-28-34-18-35(29-56)20-36(19-34)30-56)42-12-7-9-14-44(42)50-16-11-17-51(58-50)45-15-10-8-13-43(45)47-25-41(55(4,5)6)27-49(53(47)60)57-31-37-21-38(32-57)23-39(22-37)33-57;;;/h7-17,24-27,34-39,59-60H,18-23,28-33H2,1-6H3;2*1H3;/q;2*-1;. The zero-order valence-corrected chi connectivity index (χ0v) is 43.0. The molecule has 0 atom stereocenters. The SMILES string of the molecule is CC(C)(C)c1cc(-c2ccccc2-c2cccc(-c3ccccc3-c3cc(C(C)(C)C)cc(C45CC6CC(CC(C6)C4)C5)c3O)n2)c(O)c(C23CC4CC(CC(C4)C2)C3)c1.[CH3-].[CH3-].[Hf]. The molecule has 1 heterocycles. The summed E-state index contributed by atoms with van der Waals surface area (Å²) in [4.78, 5) is 5.48. The van der Waals surface area contributed by atoms with E-state index in [1.54, 1.807) is 0 Å². The predicted molar refractivity (Wildman–Crippen MR) is 259 cm³/mol. The van der Waals surface area contributed by atoms with Crippen LogP contribution in [-0.2, 0) is 47.5 Å². The topological polar surface area (TPSA) is 53.4 Å². The number of hydrogen-bond acceptors (Lipinski definition) is 3. The molecular formula is C59H71HfNO2-2. The van der Waals surface area contributed by atoms with Crippen molar-refractivity contribution in [3.05, 3.63) is 128 Å². The van der Waals surface area contributed by atoms with Gasteiger partial charge in [-0.15, -0.1) is 0 Å². The Hall–Kier alpha value is -3.50. The van der Waals surface area contributed by atoms with E-state index >= 15 is 0 Å². The van der Waals surface area contributed by atoms with E-state index in [0.29, 0.717) is 11.5 Å². The molecule has 4 aromatic carbocycles. The van der Waals surface area contributed by atoms with E-state index in [1.165, 1.54) is 99.3 Å². The van der Waals surface area contributed by atoms with Crippen molar-refractivity contribution in [1.29, 1.82) is 0 Å². The van der Waals surface area contributed by atoms with Crippen molar-refractivity contribution in [3.8, 4) is 56.3 Å². The molecule has 2 N–H and O–H groups in total. The molecule has 8 bridgehead atoms. The summed E-state index contributed by atoms with van der Waals surface area (Å²) in [5, 5.41) is 25.2. The summed E-state index contributed by atoms with van der Waals surface area (Å²) in [5.41, 5.74) is 12.7. The number of aromatic nitrogens is 1. The Bertz CT molecular complexity index is 2280. The number of pyridine rings is 1. The van der Waals surface area contributed by atoms with Gasteiger partial charge in [-0.1, -0.05) is 108 Å². The van der Waals surface area contributed by atoms with Crippen LogP contribution in [0.25, 0.3) is 44.8 Å². The van der Waals surface area contributed by atoms with E-state index < -0.39 is 0 Å². The third kappa shape index (κ3) is 7.82. The summed E-state index contributed by atoms with van der Waals surface area (Å²) in [6.07, 6.45) is 15.5. The van der Waals surface area contributed by atoms with Crippen LogP contribution in [0.2, 0.25) is 0 Å². The van der Waals surface area contributed by atoms with E-state index in [0.717, 1.165) is 80.3 Å². The van der Waals surface area contributed by atoms with E-state index in [1.807, 2.05) is 0 Å². The Balaban J connectivity index is 0.00000181. The summed E-state index contributed by atoms with van der Waals surface area (Å²) in [6, 6.07) is 32.8. The summed E-state index contributed by atoms with van der Waals surface area (Å²) in [5.74, 6) is 5.71. The van der Waals surface area contributed by atoms with Gasteiger partial charge in [-0.3, -0.25) is 0 Å². The minimum atomic E-state index is -0.0677. The molecule has 8 saturated carbocycles. The molecule has 4 heteroatoms. The van der Waals surface area contributed by atoms with Crippen LogP contribution in [0.1, 0.15) is 141 Å². The first-order chi connectivity index (χ1) is 28.6. The van der Waals surface area contributed by atoms with Crippen molar-refractivity contribution in [1.82, 2.24) is 4.98 Å². The average molecular weight is 1000 g/mol. The third-order valence-electron chi connectivity index (χ3n) is 16.9. The number of phenols is 2. The number of rotatable bonds is 6. The third-order valence-corrected chi connectivity index (χ3v) is 16.9. The second kappa shape index (κ2) is 16.4. The minimum absolute atomic E-state index is 0. The van der Waals surface area contributed by atoms with Gasteiger partial charge in [0.25, 0.3) is 0 Å². The van der Waals surface area contributed by atoms with E-state index in [-0.39, 0.29) is 62.4 Å². The van der Waals surface area contributed by atoms with Gasteiger partial charge in [-0.05, 0) is 181 Å². The normalized spacial score (nSPS) is 28.9. The largest absolute Gasteiger partial charge is 0.507 e. The van der Waals surface area contributed by atoms with Crippen LogP contribution in [0.15, 0.2) is 91.0 Å². The van der Waals surface area contributed by atoms with Crippen molar-refractivity contribution in [2.45, 2.75) is 140 Å². The molecule has 0 unspecified atom stereocenters. The molecule has 13 rings (SSSR count). The van der Waals surface area contributed by atoms with Crippen LogP contribution in [0.3, 0.4) is 0 Å². The Kier molecular flexibility index (Phi) is 12.0. The van der Waals surface area contributed by atoms with Gasteiger partial charge in [0.1, 0.15) is 11.5 Å². The van der Waals surface area contributed by atoms with Crippen LogP contribution in [0.4, 0.5) is 0 Å². The van der Waals surface area contributed by atoms with Gasteiger partial charge in [0.15, 0.2) is 0 Å². The average Bonchev–Trinajstić information content (AvgIpc) is 3.19. The first kappa shape index (κ1) is 46.0. The summed E-state index contributed by atoms with van der Waals surface area (Å²) < 4.78 is 0. The summed E-state index contributed by atoms with van der Waals surface area (Å²) in [7, 11) is 0. The second-order valence-corrected chi connectivity index (χ2v) is 23.2. The van der Waals surface area contributed by atoms with Gasteiger partial charge in [0.05, 0.1) is 11.4 Å². The molecule has 1 aromatic heterocycles. The van der Waals surface area contributed by atoms with Gasteiger partial charge < -0.3 is 25.1 Å². The quantitative estimate of drug-likeness (QED) is 0.132. The Labute approximate surface area is 398 Å². The maximum atomic E-state index is 12.6. The van der Waals surface area contributed by atoms with Gasteiger partial charge in [0.2, 0.25) is 0 Å².